The number of rotatable bonds is 9. The molecule has 2 aromatic carbocycles. The van der Waals surface area contributed by atoms with E-state index in [1.54, 1.807) is 18.2 Å². The molecular formula is C30H31ClFN5O5. The van der Waals surface area contributed by atoms with Crippen molar-refractivity contribution in [1.29, 1.82) is 0 Å². The van der Waals surface area contributed by atoms with E-state index >= 15 is 0 Å². The zero-order valence-corrected chi connectivity index (χ0v) is 23.7. The third-order valence-corrected chi connectivity index (χ3v) is 7.95. The Bertz CT molecular complexity index is 1520. The number of amides is 1. The number of aromatic nitrogens is 2. The molecule has 0 bridgehead atoms. The summed E-state index contributed by atoms with van der Waals surface area (Å²) in [7, 11) is 0. The molecule has 0 radical (unpaired) electrons. The van der Waals surface area contributed by atoms with Gasteiger partial charge in [-0.15, -0.1) is 0 Å². The van der Waals surface area contributed by atoms with E-state index in [2.05, 4.69) is 25.5 Å². The van der Waals surface area contributed by atoms with E-state index in [0.29, 0.717) is 72.4 Å². The van der Waals surface area contributed by atoms with Crippen molar-refractivity contribution >= 4 is 51.6 Å². The molecule has 3 heterocycles. The number of benzene rings is 2. The molecule has 1 saturated carbocycles. The van der Waals surface area contributed by atoms with Crippen molar-refractivity contribution < 1.29 is 28.2 Å². The molecule has 1 amide bonds. The number of hydrogen-bond donors (Lipinski definition) is 2. The van der Waals surface area contributed by atoms with Gasteiger partial charge < -0.3 is 24.8 Å². The second kappa shape index (κ2) is 12.2. The molecule has 3 fully saturated rings. The molecule has 1 aromatic heterocycles. The van der Waals surface area contributed by atoms with E-state index in [0.717, 1.165) is 25.9 Å². The summed E-state index contributed by atoms with van der Waals surface area (Å²) in [5.74, 6) is 0.386. The fraction of sp³-hybridized carbons (Fsp3) is 0.400. The molecule has 10 nitrogen and oxygen atoms in total. The number of ether oxygens (including phenoxy) is 3. The fourth-order valence-electron chi connectivity index (χ4n) is 5.10. The summed E-state index contributed by atoms with van der Waals surface area (Å²) in [4.78, 5) is 35.6. The highest BCUT2D eigenvalue weighted by atomic mass is 35.5. The third-order valence-electron chi connectivity index (χ3n) is 7.66. The van der Waals surface area contributed by atoms with E-state index in [9.17, 15) is 14.0 Å². The van der Waals surface area contributed by atoms with Gasteiger partial charge in [-0.2, -0.15) is 0 Å². The number of likely N-dealkylation sites (tertiary alicyclic amines) is 1. The number of fused-ring (bicyclic) bond motifs is 1. The first kappa shape index (κ1) is 28.3. The number of carbonyl (C=O) groups excluding carboxylic acids is 2. The second-order valence-electron chi connectivity index (χ2n) is 10.9. The second-order valence-corrected chi connectivity index (χ2v) is 11.3. The molecule has 2 N–H and O–H groups in total. The van der Waals surface area contributed by atoms with Gasteiger partial charge in [0.05, 0.1) is 29.4 Å². The van der Waals surface area contributed by atoms with Gasteiger partial charge in [-0.25, -0.2) is 19.2 Å². The van der Waals surface area contributed by atoms with E-state index in [1.165, 1.54) is 24.5 Å². The Morgan fingerprint density at radius 1 is 1.21 bits per heavy atom. The summed E-state index contributed by atoms with van der Waals surface area (Å²) >= 11 is 5.95. The molecule has 0 atom stereocenters. The van der Waals surface area contributed by atoms with Crippen LogP contribution in [0.3, 0.4) is 0 Å². The van der Waals surface area contributed by atoms with Crippen molar-refractivity contribution in [1.82, 2.24) is 14.9 Å². The molecule has 3 aromatic rings. The lowest BCUT2D eigenvalue weighted by atomic mass is 9.91. The van der Waals surface area contributed by atoms with E-state index in [1.807, 2.05) is 6.08 Å². The number of carbonyl (C=O) groups is 2. The Kier molecular flexibility index (Phi) is 8.23. The topological polar surface area (TPSA) is 115 Å². The van der Waals surface area contributed by atoms with Gasteiger partial charge in [-0.3, -0.25) is 9.69 Å². The van der Waals surface area contributed by atoms with Crippen LogP contribution >= 0.6 is 11.6 Å². The average Bonchev–Trinajstić information content (AvgIpc) is 3.80. The maximum absolute atomic E-state index is 13.7. The van der Waals surface area contributed by atoms with Crippen molar-refractivity contribution in [3.05, 3.63) is 59.7 Å². The van der Waals surface area contributed by atoms with Crippen molar-refractivity contribution in [2.45, 2.75) is 31.3 Å². The summed E-state index contributed by atoms with van der Waals surface area (Å²) in [6, 6.07) is 7.87. The Hall–Kier alpha value is -3.80. The molecule has 12 heteroatoms. The highest BCUT2D eigenvalue weighted by Crippen LogP contribution is 2.36. The predicted molar refractivity (Wildman–Crippen MR) is 156 cm³/mol. The smallest absolute Gasteiger partial charge is 0.332 e. The van der Waals surface area contributed by atoms with Crippen LogP contribution in [0.15, 0.2) is 48.8 Å². The van der Waals surface area contributed by atoms with Crippen LogP contribution in [0.4, 0.5) is 21.6 Å². The largest absolute Gasteiger partial charge is 0.491 e. The molecule has 1 aliphatic carbocycles. The lowest BCUT2D eigenvalue weighted by molar-refractivity contribution is -0.197. The summed E-state index contributed by atoms with van der Waals surface area (Å²) in [5.41, 5.74) is 1.14. The van der Waals surface area contributed by atoms with Crippen molar-refractivity contribution in [3.8, 4) is 5.75 Å². The van der Waals surface area contributed by atoms with Crippen LogP contribution in [0.1, 0.15) is 25.7 Å². The van der Waals surface area contributed by atoms with E-state index in [4.69, 9.17) is 25.8 Å². The Labute approximate surface area is 247 Å². The zero-order valence-electron chi connectivity index (χ0n) is 22.9. The number of nitrogens with one attached hydrogen (secondary N) is 2. The minimum Gasteiger partial charge on any atom is -0.491 e. The molecule has 42 heavy (non-hydrogen) atoms. The average molecular weight is 596 g/mol. The minimum absolute atomic E-state index is 0.00985. The van der Waals surface area contributed by atoms with Gasteiger partial charge in [0.15, 0.2) is 0 Å². The fourth-order valence-corrected chi connectivity index (χ4v) is 5.28. The number of halogens is 2. The van der Waals surface area contributed by atoms with E-state index < -0.39 is 11.4 Å². The number of hydrogen-bond acceptors (Lipinski definition) is 9. The monoisotopic (exact) mass is 595 g/mol. The maximum Gasteiger partial charge on any atom is 0.332 e. The Morgan fingerprint density at radius 2 is 2.05 bits per heavy atom. The molecular weight excluding hydrogens is 565 g/mol. The van der Waals surface area contributed by atoms with Crippen LogP contribution in [0, 0.1) is 11.7 Å². The van der Waals surface area contributed by atoms with Crippen LogP contribution in [0.2, 0.25) is 5.02 Å². The quantitative estimate of drug-likeness (QED) is 0.264. The first-order chi connectivity index (χ1) is 20.4. The van der Waals surface area contributed by atoms with Gasteiger partial charge >= 0.3 is 5.97 Å². The van der Waals surface area contributed by atoms with Crippen molar-refractivity contribution in [2.75, 3.05) is 50.1 Å². The molecule has 2 saturated heterocycles. The van der Waals surface area contributed by atoms with Crippen LogP contribution < -0.4 is 15.4 Å². The van der Waals surface area contributed by atoms with Crippen LogP contribution in [-0.4, -0.2) is 71.8 Å². The van der Waals surface area contributed by atoms with Gasteiger partial charge in [0.1, 0.15) is 35.9 Å². The van der Waals surface area contributed by atoms with Gasteiger partial charge in [0.2, 0.25) is 5.91 Å². The highest BCUT2D eigenvalue weighted by molar-refractivity contribution is 6.31. The van der Waals surface area contributed by atoms with Gasteiger partial charge in [-0.1, -0.05) is 17.7 Å². The summed E-state index contributed by atoms with van der Waals surface area (Å²) in [6.45, 7) is 3.07. The maximum atomic E-state index is 13.7. The number of esters is 1. The lowest BCUT2D eigenvalue weighted by Gasteiger charge is -2.42. The highest BCUT2D eigenvalue weighted by Gasteiger charge is 2.41. The van der Waals surface area contributed by atoms with Crippen LogP contribution in [0.5, 0.6) is 5.75 Å². The first-order valence-corrected chi connectivity index (χ1v) is 14.4. The van der Waals surface area contributed by atoms with Crippen LogP contribution in [-0.2, 0) is 19.1 Å². The number of piperidine rings is 1. The molecule has 3 aliphatic rings. The van der Waals surface area contributed by atoms with E-state index in [-0.39, 0.29) is 23.5 Å². The molecule has 6 rings (SSSR count). The molecule has 2 aliphatic heterocycles. The summed E-state index contributed by atoms with van der Waals surface area (Å²) in [6.07, 6.45) is 8.39. The summed E-state index contributed by atoms with van der Waals surface area (Å²) in [5, 5.41) is 6.74. The summed E-state index contributed by atoms with van der Waals surface area (Å²) < 4.78 is 30.7. The lowest BCUT2D eigenvalue weighted by Crippen LogP contribution is -2.53. The number of anilines is 3. The minimum atomic E-state index is -0.528. The number of nitrogens with zero attached hydrogens (tertiary/aromatic N) is 3. The third kappa shape index (κ3) is 6.80. The van der Waals surface area contributed by atoms with Gasteiger partial charge in [0.25, 0.3) is 0 Å². The SMILES string of the molecule is O=C(C=CCN1CCC2(CC1)COCC(=O)O2)Nc1cc2c(Nc3ccc(F)c(Cl)c3)ncnc2cc1OCC1CC1. The standard InChI is InChI=1S/C30H31ClFN5O5/c31-22-12-20(5-6-23(22)32)35-29-21-13-25(26(41-15-19-3-4-19)14-24(21)33-18-34-29)36-27(38)2-1-9-37-10-7-30(8-11-37)17-40-16-28(39)42-30/h1-2,5-6,12-14,18-19H,3-4,7-11,15-17H2,(H,36,38)(H,33,34,35). The zero-order chi connectivity index (χ0) is 29.1. The molecule has 0 unspecified atom stereocenters. The first-order valence-electron chi connectivity index (χ1n) is 14.0. The van der Waals surface area contributed by atoms with Crippen molar-refractivity contribution in [3.63, 3.8) is 0 Å². The Balaban J connectivity index is 1.14. The van der Waals surface area contributed by atoms with Gasteiger partial charge in [-0.05, 0) is 43.0 Å². The normalized spacial score (nSPS) is 18.8. The Morgan fingerprint density at radius 3 is 2.81 bits per heavy atom. The molecule has 1 spiro atoms. The van der Waals surface area contributed by atoms with Crippen molar-refractivity contribution in [2.24, 2.45) is 5.92 Å². The predicted octanol–water partition coefficient (Wildman–Crippen LogP) is 4.86. The van der Waals surface area contributed by atoms with Gasteiger partial charge in [0, 0.05) is 55.7 Å². The van der Waals surface area contributed by atoms with Crippen LogP contribution in [0.25, 0.3) is 10.9 Å². The molecule has 220 valence electrons.